The maximum Gasteiger partial charge on any atom is 0.240 e. The highest BCUT2D eigenvalue weighted by atomic mass is 16.2. The van der Waals surface area contributed by atoms with Crippen LogP contribution in [0.15, 0.2) is 12.5 Å². The van der Waals surface area contributed by atoms with E-state index in [9.17, 15) is 14.4 Å². The fourth-order valence-electron chi connectivity index (χ4n) is 3.65. The topological polar surface area (TPSA) is 130 Å². The molecular formula is C24H43N5O3. The van der Waals surface area contributed by atoms with Crippen LogP contribution in [0.4, 0.5) is 0 Å². The Labute approximate surface area is 192 Å². The van der Waals surface area contributed by atoms with Crippen LogP contribution in [0.2, 0.25) is 0 Å². The van der Waals surface area contributed by atoms with Gasteiger partial charge >= 0.3 is 0 Å². The van der Waals surface area contributed by atoms with Crippen molar-refractivity contribution in [1.82, 2.24) is 20.6 Å². The van der Waals surface area contributed by atoms with Gasteiger partial charge in [0, 0.05) is 24.7 Å². The zero-order valence-corrected chi connectivity index (χ0v) is 19.8. The molecule has 8 nitrogen and oxygen atoms in total. The maximum absolute atomic E-state index is 12.0. The van der Waals surface area contributed by atoms with Gasteiger partial charge in [-0.25, -0.2) is 4.98 Å². The Morgan fingerprint density at radius 3 is 1.97 bits per heavy atom. The predicted octanol–water partition coefficient (Wildman–Crippen LogP) is 3.52. The molecule has 3 amide bonds. The van der Waals surface area contributed by atoms with E-state index in [4.69, 9.17) is 5.73 Å². The number of nitrogens with two attached hydrogens (primary N) is 1. The molecule has 182 valence electrons. The highest BCUT2D eigenvalue weighted by Crippen LogP contribution is 2.12. The fourth-order valence-corrected chi connectivity index (χ4v) is 3.65. The van der Waals surface area contributed by atoms with E-state index < -0.39 is 17.9 Å². The first-order valence-electron chi connectivity index (χ1n) is 12.4. The van der Waals surface area contributed by atoms with Gasteiger partial charge in [-0.3, -0.25) is 14.4 Å². The molecule has 0 radical (unpaired) electrons. The van der Waals surface area contributed by atoms with E-state index in [-0.39, 0.29) is 18.9 Å². The van der Waals surface area contributed by atoms with Crippen molar-refractivity contribution in [3.8, 4) is 0 Å². The molecule has 8 heteroatoms. The van der Waals surface area contributed by atoms with E-state index in [0.29, 0.717) is 12.1 Å². The Bertz CT molecular complexity index is 634. The highest BCUT2D eigenvalue weighted by Gasteiger charge is 2.19. The summed E-state index contributed by atoms with van der Waals surface area (Å²) in [6, 6.07) is -0.846. The van der Waals surface area contributed by atoms with Gasteiger partial charge in [-0.15, -0.1) is 0 Å². The van der Waals surface area contributed by atoms with Gasteiger partial charge in [0.2, 0.25) is 17.7 Å². The molecule has 1 heterocycles. The molecule has 0 aliphatic heterocycles. The Kier molecular flexibility index (Phi) is 15.7. The molecule has 1 unspecified atom stereocenters. The Balaban J connectivity index is 1.98. The van der Waals surface area contributed by atoms with Crippen molar-refractivity contribution in [3.63, 3.8) is 0 Å². The minimum Gasteiger partial charge on any atom is -0.368 e. The molecule has 0 aliphatic rings. The van der Waals surface area contributed by atoms with E-state index in [0.717, 1.165) is 19.3 Å². The van der Waals surface area contributed by atoms with Crippen molar-refractivity contribution in [2.24, 2.45) is 5.73 Å². The molecule has 0 aromatic carbocycles. The second-order valence-corrected chi connectivity index (χ2v) is 8.57. The van der Waals surface area contributed by atoms with Gasteiger partial charge in [-0.05, 0) is 6.42 Å². The summed E-state index contributed by atoms with van der Waals surface area (Å²) in [4.78, 5) is 42.2. The van der Waals surface area contributed by atoms with Gasteiger partial charge in [0.25, 0.3) is 0 Å². The number of carbonyl (C=O) groups is 3. The lowest BCUT2D eigenvalue weighted by molar-refractivity contribution is -0.128. The summed E-state index contributed by atoms with van der Waals surface area (Å²) in [6.07, 6.45) is 20.1. The summed E-state index contributed by atoms with van der Waals surface area (Å²) in [6.45, 7) is 2.09. The van der Waals surface area contributed by atoms with E-state index >= 15 is 0 Å². The zero-order valence-electron chi connectivity index (χ0n) is 19.8. The molecule has 5 N–H and O–H groups in total. The molecule has 1 rings (SSSR count). The predicted molar refractivity (Wildman–Crippen MR) is 127 cm³/mol. The number of rotatable bonds is 20. The number of aromatic nitrogens is 2. The normalized spacial score (nSPS) is 11.8. The first kappa shape index (κ1) is 27.7. The summed E-state index contributed by atoms with van der Waals surface area (Å²) >= 11 is 0. The number of unbranched alkanes of at least 4 members (excludes halogenated alkanes) is 12. The Morgan fingerprint density at radius 2 is 1.47 bits per heavy atom. The van der Waals surface area contributed by atoms with Crippen molar-refractivity contribution in [2.45, 2.75) is 109 Å². The molecule has 0 spiro atoms. The third-order valence-corrected chi connectivity index (χ3v) is 5.61. The SMILES string of the molecule is CCCCCCCCCCCCCCCC(=O)NCC(=O)NC(Cc1cnc[nH]1)C(N)=O. The van der Waals surface area contributed by atoms with Gasteiger partial charge in [0.15, 0.2) is 0 Å². The van der Waals surface area contributed by atoms with Crippen molar-refractivity contribution in [3.05, 3.63) is 18.2 Å². The van der Waals surface area contributed by atoms with Gasteiger partial charge in [0.05, 0.1) is 12.9 Å². The van der Waals surface area contributed by atoms with Crippen LogP contribution in [0.3, 0.4) is 0 Å². The first-order chi connectivity index (χ1) is 15.5. The Morgan fingerprint density at radius 1 is 0.906 bits per heavy atom. The molecular weight excluding hydrogens is 406 g/mol. The third-order valence-electron chi connectivity index (χ3n) is 5.61. The third kappa shape index (κ3) is 14.6. The number of aromatic amines is 1. The van der Waals surface area contributed by atoms with E-state index in [1.165, 1.54) is 70.5 Å². The lowest BCUT2D eigenvalue weighted by atomic mass is 10.0. The summed E-state index contributed by atoms with van der Waals surface area (Å²) in [5.74, 6) is -1.22. The van der Waals surface area contributed by atoms with Crippen LogP contribution >= 0.6 is 0 Å². The molecule has 1 aromatic heterocycles. The summed E-state index contributed by atoms with van der Waals surface area (Å²) in [5.41, 5.74) is 6.04. The summed E-state index contributed by atoms with van der Waals surface area (Å²) in [7, 11) is 0. The Hall–Kier alpha value is -2.38. The minimum absolute atomic E-state index is 0.146. The second kappa shape index (κ2) is 18.2. The highest BCUT2D eigenvalue weighted by molar-refractivity contribution is 5.89. The lowest BCUT2D eigenvalue weighted by Crippen LogP contribution is -2.49. The lowest BCUT2D eigenvalue weighted by Gasteiger charge is -2.15. The summed E-state index contributed by atoms with van der Waals surface area (Å²) < 4.78 is 0. The molecule has 0 saturated carbocycles. The fraction of sp³-hybridized carbons (Fsp3) is 0.750. The van der Waals surface area contributed by atoms with Crippen molar-refractivity contribution in [2.75, 3.05) is 6.54 Å². The average molecular weight is 450 g/mol. The molecule has 0 aliphatic carbocycles. The van der Waals surface area contributed by atoms with Crippen LogP contribution in [-0.4, -0.2) is 40.3 Å². The molecule has 0 saturated heterocycles. The van der Waals surface area contributed by atoms with E-state index in [2.05, 4.69) is 27.5 Å². The number of nitrogens with zero attached hydrogens (tertiary/aromatic N) is 1. The maximum atomic E-state index is 12.0. The molecule has 0 bridgehead atoms. The van der Waals surface area contributed by atoms with Crippen molar-refractivity contribution >= 4 is 17.7 Å². The standard InChI is InChI=1S/C24H43N5O3/c1-2-3-4-5-6-7-8-9-10-11-12-13-14-15-22(30)27-18-23(31)29-21(24(25)32)16-20-17-26-19-28-20/h17,19,21H,2-16,18H2,1H3,(H2,25,32)(H,26,28)(H,27,30)(H,29,31). The smallest absolute Gasteiger partial charge is 0.240 e. The van der Waals surface area contributed by atoms with Crippen molar-refractivity contribution in [1.29, 1.82) is 0 Å². The number of H-pyrrole nitrogens is 1. The van der Waals surface area contributed by atoms with Gasteiger partial charge in [0.1, 0.15) is 6.04 Å². The average Bonchev–Trinajstić information content (AvgIpc) is 3.28. The first-order valence-corrected chi connectivity index (χ1v) is 12.4. The van der Waals surface area contributed by atoms with Crippen LogP contribution in [0.5, 0.6) is 0 Å². The number of primary amides is 1. The van der Waals surface area contributed by atoms with Gasteiger partial charge < -0.3 is 21.4 Å². The van der Waals surface area contributed by atoms with E-state index in [1.807, 2.05) is 0 Å². The largest absolute Gasteiger partial charge is 0.368 e. The number of nitrogens with one attached hydrogen (secondary N) is 3. The minimum atomic E-state index is -0.846. The number of imidazole rings is 1. The van der Waals surface area contributed by atoms with Crippen LogP contribution in [-0.2, 0) is 20.8 Å². The molecule has 0 fully saturated rings. The van der Waals surface area contributed by atoms with Gasteiger partial charge in [-0.1, -0.05) is 84.0 Å². The monoisotopic (exact) mass is 449 g/mol. The second-order valence-electron chi connectivity index (χ2n) is 8.57. The quantitative estimate of drug-likeness (QED) is 0.227. The van der Waals surface area contributed by atoms with Gasteiger partial charge in [-0.2, -0.15) is 0 Å². The van der Waals surface area contributed by atoms with Crippen LogP contribution in [0.25, 0.3) is 0 Å². The zero-order chi connectivity index (χ0) is 23.4. The molecule has 32 heavy (non-hydrogen) atoms. The number of hydrogen-bond acceptors (Lipinski definition) is 4. The number of hydrogen-bond donors (Lipinski definition) is 4. The summed E-state index contributed by atoms with van der Waals surface area (Å²) in [5, 5.41) is 5.16. The van der Waals surface area contributed by atoms with Crippen LogP contribution < -0.4 is 16.4 Å². The molecule has 1 atom stereocenters. The van der Waals surface area contributed by atoms with E-state index in [1.54, 1.807) is 6.20 Å². The molecule has 1 aromatic rings. The number of amides is 3. The number of carbonyl (C=O) groups excluding carboxylic acids is 3. The van der Waals surface area contributed by atoms with Crippen LogP contribution in [0.1, 0.15) is 103 Å². The van der Waals surface area contributed by atoms with Crippen molar-refractivity contribution < 1.29 is 14.4 Å². The van der Waals surface area contributed by atoms with Crippen LogP contribution in [0, 0.1) is 0 Å².